The first-order valence-corrected chi connectivity index (χ1v) is 8.39. The molecule has 1 atom stereocenters. The molecule has 1 aromatic carbocycles. The molecule has 110 valence electrons. The number of nitrogens with zero attached hydrogens (tertiary/aromatic N) is 1. The molecule has 1 unspecified atom stereocenters. The van der Waals surface area contributed by atoms with E-state index < -0.39 is 0 Å². The number of hydrogen-bond acceptors (Lipinski definition) is 2. The second-order valence-corrected chi connectivity index (χ2v) is 6.46. The zero-order valence-electron chi connectivity index (χ0n) is 12.8. The molecular weight excluding hydrogens is 244 g/mol. The van der Waals surface area contributed by atoms with Crippen LogP contribution in [0.15, 0.2) is 24.3 Å². The fraction of sp³-hybridized carbons (Fsp3) is 0.667. The Balaban J connectivity index is 1.65. The van der Waals surface area contributed by atoms with Gasteiger partial charge in [0, 0.05) is 32.2 Å². The van der Waals surface area contributed by atoms with Gasteiger partial charge in [0.15, 0.2) is 0 Å². The van der Waals surface area contributed by atoms with E-state index in [1.807, 2.05) is 0 Å². The monoisotopic (exact) mass is 272 g/mol. The summed E-state index contributed by atoms with van der Waals surface area (Å²) in [4.78, 5) is 2.59. The van der Waals surface area contributed by atoms with Gasteiger partial charge in [0.1, 0.15) is 0 Å². The maximum atomic E-state index is 3.43. The molecule has 1 N–H and O–H groups in total. The summed E-state index contributed by atoms with van der Waals surface area (Å²) in [5.41, 5.74) is 3.05. The van der Waals surface area contributed by atoms with Gasteiger partial charge in [0.05, 0.1) is 0 Å². The standard InChI is InChI=1S/C18H28N2/c1-15(20-13-11-19-12-14-20)16-7-9-18(10-8-16)17-5-3-2-4-6-17/h7-10,15,17,19H,2-6,11-14H2,1H3. The third-order valence-corrected chi connectivity index (χ3v) is 5.19. The minimum atomic E-state index is 0.553. The van der Waals surface area contributed by atoms with Crippen molar-refractivity contribution in [3.63, 3.8) is 0 Å². The maximum absolute atomic E-state index is 3.43. The Kier molecular flexibility index (Phi) is 4.74. The highest BCUT2D eigenvalue weighted by molar-refractivity contribution is 5.27. The van der Waals surface area contributed by atoms with E-state index >= 15 is 0 Å². The average Bonchev–Trinajstić information content (AvgIpc) is 2.56. The van der Waals surface area contributed by atoms with Crippen molar-refractivity contribution in [1.82, 2.24) is 10.2 Å². The van der Waals surface area contributed by atoms with Crippen LogP contribution < -0.4 is 5.32 Å². The van der Waals surface area contributed by atoms with E-state index in [0.717, 1.165) is 19.0 Å². The highest BCUT2D eigenvalue weighted by Gasteiger charge is 2.19. The van der Waals surface area contributed by atoms with Gasteiger partial charge < -0.3 is 5.32 Å². The molecule has 2 fully saturated rings. The molecule has 20 heavy (non-hydrogen) atoms. The Bertz CT molecular complexity index is 400. The third-order valence-electron chi connectivity index (χ3n) is 5.19. The number of hydrogen-bond donors (Lipinski definition) is 1. The van der Waals surface area contributed by atoms with Crippen LogP contribution in [0.3, 0.4) is 0 Å². The molecule has 2 aliphatic rings. The minimum Gasteiger partial charge on any atom is -0.314 e. The van der Waals surface area contributed by atoms with Gasteiger partial charge in [0.25, 0.3) is 0 Å². The summed E-state index contributed by atoms with van der Waals surface area (Å²) in [5.74, 6) is 0.826. The summed E-state index contributed by atoms with van der Waals surface area (Å²) in [5, 5.41) is 3.43. The number of benzene rings is 1. The lowest BCUT2D eigenvalue weighted by Crippen LogP contribution is -2.44. The molecule has 1 saturated heterocycles. The van der Waals surface area contributed by atoms with Gasteiger partial charge in [-0.25, -0.2) is 0 Å². The van der Waals surface area contributed by atoms with Crippen LogP contribution in [0.1, 0.15) is 62.1 Å². The topological polar surface area (TPSA) is 15.3 Å². The molecule has 0 aromatic heterocycles. The van der Waals surface area contributed by atoms with Crippen molar-refractivity contribution < 1.29 is 0 Å². The Morgan fingerprint density at radius 3 is 2.30 bits per heavy atom. The van der Waals surface area contributed by atoms with Gasteiger partial charge in [-0.05, 0) is 36.8 Å². The van der Waals surface area contributed by atoms with Gasteiger partial charge in [0.2, 0.25) is 0 Å². The van der Waals surface area contributed by atoms with Crippen LogP contribution in [0.5, 0.6) is 0 Å². The van der Waals surface area contributed by atoms with Gasteiger partial charge in [-0.1, -0.05) is 43.5 Å². The summed E-state index contributed by atoms with van der Waals surface area (Å²) >= 11 is 0. The van der Waals surface area contributed by atoms with Crippen molar-refractivity contribution in [2.45, 2.75) is 51.0 Å². The van der Waals surface area contributed by atoms with Crippen LogP contribution in [0, 0.1) is 0 Å². The summed E-state index contributed by atoms with van der Waals surface area (Å²) < 4.78 is 0. The normalized spacial score (nSPS) is 23.6. The molecule has 0 radical (unpaired) electrons. The molecule has 1 aliphatic heterocycles. The summed E-state index contributed by atoms with van der Waals surface area (Å²) in [6.45, 7) is 6.95. The van der Waals surface area contributed by atoms with Crippen molar-refractivity contribution >= 4 is 0 Å². The zero-order chi connectivity index (χ0) is 13.8. The molecule has 0 spiro atoms. The molecule has 0 bridgehead atoms. The lowest BCUT2D eigenvalue weighted by atomic mass is 9.83. The van der Waals surface area contributed by atoms with E-state index in [9.17, 15) is 0 Å². The molecule has 1 aromatic rings. The smallest absolute Gasteiger partial charge is 0.0320 e. The molecule has 1 aliphatic carbocycles. The lowest BCUT2D eigenvalue weighted by Gasteiger charge is -2.33. The molecule has 3 rings (SSSR count). The fourth-order valence-corrected chi connectivity index (χ4v) is 3.76. The van der Waals surface area contributed by atoms with Crippen molar-refractivity contribution in [2.24, 2.45) is 0 Å². The molecule has 0 amide bonds. The zero-order valence-corrected chi connectivity index (χ0v) is 12.8. The van der Waals surface area contributed by atoms with Gasteiger partial charge in [-0.15, -0.1) is 0 Å². The summed E-state index contributed by atoms with van der Waals surface area (Å²) in [7, 11) is 0. The van der Waals surface area contributed by atoms with Crippen LogP contribution in [0.25, 0.3) is 0 Å². The van der Waals surface area contributed by atoms with Gasteiger partial charge >= 0.3 is 0 Å². The largest absolute Gasteiger partial charge is 0.314 e. The van der Waals surface area contributed by atoms with Gasteiger partial charge in [-0.2, -0.15) is 0 Å². The highest BCUT2D eigenvalue weighted by atomic mass is 15.2. The van der Waals surface area contributed by atoms with E-state index in [-0.39, 0.29) is 0 Å². The maximum Gasteiger partial charge on any atom is 0.0320 e. The Hall–Kier alpha value is -0.860. The highest BCUT2D eigenvalue weighted by Crippen LogP contribution is 2.33. The first-order chi connectivity index (χ1) is 9.84. The molecule has 2 heteroatoms. The number of nitrogens with one attached hydrogen (secondary N) is 1. The predicted octanol–water partition coefficient (Wildman–Crippen LogP) is 3.70. The van der Waals surface area contributed by atoms with Crippen molar-refractivity contribution in [1.29, 1.82) is 0 Å². The first-order valence-electron chi connectivity index (χ1n) is 8.39. The summed E-state index contributed by atoms with van der Waals surface area (Å²) in [6, 6.07) is 10.1. The van der Waals surface area contributed by atoms with Crippen LogP contribution >= 0.6 is 0 Å². The van der Waals surface area contributed by atoms with Crippen LogP contribution in [-0.2, 0) is 0 Å². The average molecular weight is 272 g/mol. The van der Waals surface area contributed by atoms with E-state index in [4.69, 9.17) is 0 Å². The van der Waals surface area contributed by atoms with Crippen LogP contribution in [0.4, 0.5) is 0 Å². The summed E-state index contributed by atoms with van der Waals surface area (Å²) in [6.07, 6.45) is 7.07. The van der Waals surface area contributed by atoms with Crippen LogP contribution in [0.2, 0.25) is 0 Å². The van der Waals surface area contributed by atoms with E-state index in [1.165, 1.54) is 50.8 Å². The molecule has 1 heterocycles. The van der Waals surface area contributed by atoms with Gasteiger partial charge in [-0.3, -0.25) is 4.90 Å². The van der Waals surface area contributed by atoms with E-state index in [0.29, 0.717) is 6.04 Å². The second-order valence-electron chi connectivity index (χ2n) is 6.46. The van der Waals surface area contributed by atoms with Crippen molar-refractivity contribution in [3.8, 4) is 0 Å². The molecular formula is C18H28N2. The lowest BCUT2D eigenvalue weighted by molar-refractivity contribution is 0.185. The van der Waals surface area contributed by atoms with E-state index in [2.05, 4.69) is 41.4 Å². The van der Waals surface area contributed by atoms with Crippen LogP contribution in [-0.4, -0.2) is 31.1 Å². The van der Waals surface area contributed by atoms with Crippen molar-refractivity contribution in [2.75, 3.05) is 26.2 Å². The van der Waals surface area contributed by atoms with Crippen molar-refractivity contribution in [3.05, 3.63) is 35.4 Å². The fourth-order valence-electron chi connectivity index (χ4n) is 3.76. The minimum absolute atomic E-state index is 0.553. The molecule has 2 nitrogen and oxygen atoms in total. The second kappa shape index (κ2) is 6.73. The quantitative estimate of drug-likeness (QED) is 0.902. The predicted molar refractivity (Wildman–Crippen MR) is 85.1 cm³/mol. The first kappa shape index (κ1) is 14.1. The third kappa shape index (κ3) is 3.24. The Labute approximate surface area is 123 Å². The molecule has 1 saturated carbocycles. The number of rotatable bonds is 3. The number of piperazine rings is 1. The SMILES string of the molecule is CC(c1ccc(C2CCCCC2)cc1)N1CCNCC1. The Morgan fingerprint density at radius 1 is 1.00 bits per heavy atom. The Morgan fingerprint density at radius 2 is 1.65 bits per heavy atom. The van der Waals surface area contributed by atoms with E-state index in [1.54, 1.807) is 5.56 Å².